The van der Waals surface area contributed by atoms with Crippen LogP contribution >= 0.6 is 11.6 Å². The Balaban J connectivity index is 1.40. The van der Waals surface area contributed by atoms with Crippen molar-refractivity contribution in [3.8, 4) is 6.07 Å². The number of anilines is 2. The second-order valence-corrected chi connectivity index (χ2v) is 11.5. The van der Waals surface area contributed by atoms with E-state index in [1.807, 2.05) is 12.1 Å². The third-order valence-electron chi connectivity index (χ3n) is 7.71. The standard InChI is InChI=1S/C29H31ClFN7O/c1-29(2)16-39-10-9-25(29)35-26-18(13-32)14-33-28-22(26)11-20(12-23(28)30)34-27(17-3-5-19(31)6-4-17)24-15-38(37-36-24)21-7-8-21/h3-6,11-12,14-15,21,25,27,34,36-37H,7-10,16H2,1-2H3,(H,33,35). The average Bonchev–Trinajstić information content (AvgIpc) is 3.66. The lowest BCUT2D eigenvalue weighted by Crippen LogP contribution is -2.44. The Morgan fingerprint density at radius 3 is 2.74 bits per heavy atom. The van der Waals surface area contributed by atoms with Gasteiger partial charge in [-0.3, -0.25) is 9.99 Å². The second kappa shape index (κ2) is 10.2. The number of hydrogen-bond acceptors (Lipinski definition) is 8. The molecule has 2 unspecified atom stereocenters. The van der Waals surface area contributed by atoms with Gasteiger partial charge in [-0.15, -0.1) is 5.53 Å². The highest BCUT2D eigenvalue weighted by Crippen LogP contribution is 2.39. The zero-order valence-electron chi connectivity index (χ0n) is 21.9. The summed E-state index contributed by atoms with van der Waals surface area (Å²) < 4.78 is 19.5. The van der Waals surface area contributed by atoms with Gasteiger partial charge in [0.2, 0.25) is 0 Å². The van der Waals surface area contributed by atoms with E-state index < -0.39 is 0 Å². The van der Waals surface area contributed by atoms with Gasteiger partial charge in [0, 0.05) is 47.6 Å². The van der Waals surface area contributed by atoms with Crippen molar-refractivity contribution in [2.24, 2.45) is 5.41 Å². The van der Waals surface area contributed by atoms with Crippen molar-refractivity contribution in [3.63, 3.8) is 0 Å². The van der Waals surface area contributed by atoms with Crippen molar-refractivity contribution in [2.45, 2.75) is 51.2 Å². The summed E-state index contributed by atoms with van der Waals surface area (Å²) >= 11 is 6.78. The van der Waals surface area contributed by atoms with Gasteiger partial charge in [0.25, 0.3) is 0 Å². The SMILES string of the molecule is CC1(C)COCCC1Nc1c(C#N)cnc2c(Cl)cc(NC(C3=CN(C4CC4)NN3)c3ccc(F)cc3)cc12. The van der Waals surface area contributed by atoms with Crippen molar-refractivity contribution >= 4 is 33.9 Å². The number of halogens is 2. The maximum Gasteiger partial charge on any atom is 0.123 e. The summed E-state index contributed by atoms with van der Waals surface area (Å²) in [5, 5.41) is 20.5. The molecule has 10 heteroatoms. The Labute approximate surface area is 232 Å². The normalized spacial score (nSPS) is 21.2. The largest absolute Gasteiger partial charge is 0.381 e. The second-order valence-electron chi connectivity index (χ2n) is 11.1. The molecule has 2 aromatic carbocycles. The lowest BCUT2D eigenvalue weighted by Gasteiger charge is -2.39. The lowest BCUT2D eigenvalue weighted by molar-refractivity contribution is 0.00350. The van der Waals surface area contributed by atoms with Gasteiger partial charge in [-0.25, -0.2) is 4.39 Å². The van der Waals surface area contributed by atoms with Crippen molar-refractivity contribution in [3.05, 3.63) is 76.5 Å². The molecule has 39 heavy (non-hydrogen) atoms. The number of hydrogen-bond donors (Lipinski definition) is 4. The average molecular weight is 548 g/mol. The fraction of sp³-hybridized carbons (Fsp3) is 0.379. The number of rotatable bonds is 7. The van der Waals surface area contributed by atoms with Crippen LogP contribution in [0.1, 0.15) is 50.3 Å². The van der Waals surface area contributed by atoms with Crippen molar-refractivity contribution in [2.75, 3.05) is 23.8 Å². The molecule has 6 rings (SSSR count). The molecule has 8 nitrogen and oxygen atoms in total. The molecule has 202 valence electrons. The molecule has 3 aliphatic rings. The van der Waals surface area contributed by atoms with Crippen LogP contribution in [0.25, 0.3) is 10.9 Å². The number of nitrogens with one attached hydrogen (secondary N) is 4. The number of ether oxygens (including phenoxy) is 1. The highest BCUT2D eigenvalue weighted by molar-refractivity contribution is 6.35. The molecule has 1 aromatic heterocycles. The van der Waals surface area contributed by atoms with Gasteiger partial charge in [0.1, 0.15) is 11.9 Å². The highest BCUT2D eigenvalue weighted by Gasteiger charge is 2.34. The van der Waals surface area contributed by atoms with Crippen LogP contribution in [-0.2, 0) is 4.74 Å². The number of pyridine rings is 1. The molecule has 3 heterocycles. The van der Waals surface area contributed by atoms with Crippen LogP contribution < -0.4 is 21.6 Å². The Bertz CT molecular complexity index is 1470. The summed E-state index contributed by atoms with van der Waals surface area (Å²) in [6, 6.07) is 12.8. The minimum atomic E-state index is -0.312. The molecular formula is C29H31ClFN7O. The summed E-state index contributed by atoms with van der Waals surface area (Å²) in [6.07, 6.45) is 6.73. The number of aromatic nitrogens is 1. The Hall–Kier alpha value is -3.58. The summed E-state index contributed by atoms with van der Waals surface area (Å²) in [5.74, 6) is -0.292. The smallest absolute Gasteiger partial charge is 0.123 e. The van der Waals surface area contributed by atoms with E-state index in [-0.39, 0.29) is 23.3 Å². The molecule has 3 aromatic rings. The van der Waals surface area contributed by atoms with Crippen molar-refractivity contribution in [1.82, 2.24) is 21.0 Å². The fourth-order valence-electron chi connectivity index (χ4n) is 5.25. The predicted molar refractivity (Wildman–Crippen MR) is 150 cm³/mol. The Morgan fingerprint density at radius 2 is 2.03 bits per heavy atom. The quantitative estimate of drug-likeness (QED) is 0.303. The first-order valence-electron chi connectivity index (χ1n) is 13.2. The summed E-state index contributed by atoms with van der Waals surface area (Å²) in [6.45, 7) is 5.62. The molecule has 2 fully saturated rings. The maximum atomic E-state index is 13.8. The lowest BCUT2D eigenvalue weighted by atomic mass is 9.81. The van der Waals surface area contributed by atoms with Gasteiger partial charge in [-0.2, -0.15) is 5.26 Å². The molecule has 2 aliphatic heterocycles. The number of fused-ring (bicyclic) bond motifs is 1. The minimum absolute atomic E-state index is 0.110. The molecule has 2 atom stereocenters. The summed E-state index contributed by atoms with van der Waals surface area (Å²) in [7, 11) is 0. The molecule has 4 N–H and O–H groups in total. The molecular weight excluding hydrogens is 517 g/mol. The van der Waals surface area contributed by atoms with Crippen LogP contribution in [0.4, 0.5) is 15.8 Å². The van der Waals surface area contributed by atoms with E-state index in [1.54, 1.807) is 18.3 Å². The van der Waals surface area contributed by atoms with E-state index in [2.05, 4.69) is 57.7 Å². The van der Waals surface area contributed by atoms with Gasteiger partial charge in [0.15, 0.2) is 0 Å². The summed E-state index contributed by atoms with van der Waals surface area (Å²) in [5.41, 5.74) is 10.7. The highest BCUT2D eigenvalue weighted by atomic mass is 35.5. The first-order chi connectivity index (χ1) is 18.8. The molecule has 0 spiro atoms. The first kappa shape index (κ1) is 25.7. The van der Waals surface area contributed by atoms with E-state index in [9.17, 15) is 9.65 Å². The number of nitrogens with zero attached hydrogens (tertiary/aromatic N) is 3. The van der Waals surface area contributed by atoms with Crippen LogP contribution in [0.5, 0.6) is 0 Å². The van der Waals surface area contributed by atoms with Gasteiger partial charge in [-0.05, 0) is 49.1 Å². The van der Waals surface area contributed by atoms with Crippen LogP contribution in [0.3, 0.4) is 0 Å². The first-order valence-corrected chi connectivity index (χ1v) is 13.6. The minimum Gasteiger partial charge on any atom is -0.381 e. The van der Waals surface area contributed by atoms with Gasteiger partial charge >= 0.3 is 0 Å². The molecule has 1 aliphatic carbocycles. The Kier molecular flexibility index (Phi) is 6.71. The van der Waals surface area contributed by atoms with Crippen LogP contribution in [0, 0.1) is 22.6 Å². The Morgan fingerprint density at radius 1 is 1.23 bits per heavy atom. The third-order valence-corrected chi connectivity index (χ3v) is 7.99. The van der Waals surface area contributed by atoms with E-state index >= 15 is 0 Å². The monoisotopic (exact) mass is 547 g/mol. The topological polar surface area (TPSA) is 97.3 Å². The number of benzene rings is 2. The maximum absolute atomic E-state index is 13.8. The van der Waals surface area contributed by atoms with Crippen LogP contribution in [-0.4, -0.2) is 35.3 Å². The zero-order chi connectivity index (χ0) is 27.1. The number of nitriles is 1. The van der Waals surface area contributed by atoms with Gasteiger partial charge < -0.3 is 20.8 Å². The van der Waals surface area contributed by atoms with Crippen molar-refractivity contribution in [1.29, 1.82) is 5.26 Å². The fourth-order valence-corrected chi connectivity index (χ4v) is 5.52. The predicted octanol–water partition coefficient (Wildman–Crippen LogP) is 5.61. The van der Waals surface area contributed by atoms with Crippen LogP contribution in [0.2, 0.25) is 5.02 Å². The van der Waals surface area contributed by atoms with E-state index in [0.29, 0.717) is 41.0 Å². The van der Waals surface area contributed by atoms with Crippen LogP contribution in [0.15, 0.2) is 54.5 Å². The van der Waals surface area contributed by atoms with Crippen molar-refractivity contribution < 1.29 is 9.13 Å². The van der Waals surface area contributed by atoms with E-state index in [0.717, 1.165) is 41.6 Å². The van der Waals surface area contributed by atoms with Gasteiger partial charge in [-0.1, -0.05) is 37.6 Å². The van der Waals surface area contributed by atoms with Gasteiger partial charge in [0.05, 0.1) is 40.1 Å². The number of hydrazine groups is 2. The molecule has 1 saturated heterocycles. The summed E-state index contributed by atoms with van der Waals surface area (Å²) in [4.78, 5) is 4.51. The van der Waals surface area contributed by atoms with E-state index in [4.69, 9.17) is 16.3 Å². The zero-order valence-corrected chi connectivity index (χ0v) is 22.6. The third kappa shape index (κ3) is 5.20. The molecule has 1 saturated carbocycles. The molecule has 0 radical (unpaired) electrons. The molecule has 0 bridgehead atoms. The molecule has 0 amide bonds. The van der Waals surface area contributed by atoms with E-state index in [1.165, 1.54) is 12.1 Å².